The number of carbonyl (C=O) groups excluding carboxylic acids is 1. The molecule has 0 saturated heterocycles. The van der Waals surface area contributed by atoms with E-state index in [0.29, 0.717) is 19.6 Å². The molecule has 0 unspecified atom stereocenters. The highest BCUT2D eigenvalue weighted by Crippen LogP contribution is 2.11. The maximum atomic E-state index is 13.3. The smallest absolute Gasteiger partial charge is 0.227 e. The first-order chi connectivity index (χ1) is 8.08. The van der Waals surface area contributed by atoms with Crippen LogP contribution in [0.15, 0.2) is 18.2 Å². The topological polar surface area (TPSA) is 46.3 Å². The number of hydrogen-bond donors (Lipinski definition) is 1. The van der Waals surface area contributed by atoms with Gasteiger partial charge >= 0.3 is 0 Å². The largest absolute Gasteiger partial charge is 0.341 e. The molecule has 1 amide bonds. The van der Waals surface area contributed by atoms with E-state index >= 15 is 0 Å². The quantitative estimate of drug-likeness (QED) is 0.846. The van der Waals surface area contributed by atoms with E-state index in [1.807, 2.05) is 6.92 Å². The van der Waals surface area contributed by atoms with Gasteiger partial charge in [0.25, 0.3) is 0 Å². The van der Waals surface area contributed by atoms with Crippen molar-refractivity contribution in [2.45, 2.75) is 13.3 Å². The maximum absolute atomic E-state index is 13.3. The van der Waals surface area contributed by atoms with Gasteiger partial charge in [-0.05, 0) is 18.6 Å². The molecule has 1 rings (SSSR count). The molecule has 94 valence electrons. The Morgan fingerprint density at radius 2 is 2.12 bits per heavy atom. The van der Waals surface area contributed by atoms with Gasteiger partial charge in [-0.15, -0.1) is 0 Å². The first kappa shape index (κ1) is 13.6. The zero-order valence-electron chi connectivity index (χ0n) is 9.75. The molecule has 0 atom stereocenters. The van der Waals surface area contributed by atoms with Gasteiger partial charge in [0.2, 0.25) is 5.91 Å². The second kappa shape index (κ2) is 6.30. The number of nitrogens with zero attached hydrogens (tertiary/aromatic N) is 1. The number of halogens is 2. The van der Waals surface area contributed by atoms with Crippen LogP contribution in [-0.4, -0.2) is 30.4 Å². The third-order valence-corrected chi connectivity index (χ3v) is 2.49. The van der Waals surface area contributed by atoms with Gasteiger partial charge in [0.15, 0.2) is 0 Å². The number of amides is 1. The number of carbonyl (C=O) groups is 1. The average Bonchev–Trinajstić information content (AvgIpc) is 2.29. The zero-order chi connectivity index (χ0) is 12.8. The van der Waals surface area contributed by atoms with Crippen LogP contribution in [0.1, 0.15) is 12.5 Å². The van der Waals surface area contributed by atoms with Crippen LogP contribution in [0.25, 0.3) is 0 Å². The maximum Gasteiger partial charge on any atom is 0.227 e. The van der Waals surface area contributed by atoms with E-state index in [4.69, 9.17) is 5.73 Å². The predicted octanol–water partition coefficient (Wildman–Crippen LogP) is 1.31. The summed E-state index contributed by atoms with van der Waals surface area (Å²) < 4.78 is 26.0. The summed E-state index contributed by atoms with van der Waals surface area (Å²) in [5.74, 6) is -1.54. The Morgan fingerprint density at radius 3 is 2.65 bits per heavy atom. The van der Waals surface area contributed by atoms with E-state index in [9.17, 15) is 13.6 Å². The summed E-state index contributed by atoms with van der Waals surface area (Å²) in [6.45, 7) is 3.16. The van der Waals surface area contributed by atoms with Crippen molar-refractivity contribution in [2.75, 3.05) is 19.6 Å². The second-order valence-electron chi connectivity index (χ2n) is 3.67. The zero-order valence-corrected chi connectivity index (χ0v) is 9.75. The molecule has 3 nitrogen and oxygen atoms in total. The van der Waals surface area contributed by atoms with Crippen LogP contribution >= 0.6 is 0 Å². The molecule has 0 saturated carbocycles. The average molecular weight is 242 g/mol. The van der Waals surface area contributed by atoms with Crippen molar-refractivity contribution in [1.82, 2.24) is 4.90 Å². The fourth-order valence-corrected chi connectivity index (χ4v) is 1.55. The van der Waals surface area contributed by atoms with Crippen molar-refractivity contribution in [3.05, 3.63) is 35.4 Å². The van der Waals surface area contributed by atoms with Crippen molar-refractivity contribution >= 4 is 5.91 Å². The number of likely N-dealkylation sites (N-methyl/N-ethyl adjacent to an activating group) is 1. The van der Waals surface area contributed by atoms with Crippen LogP contribution in [0.4, 0.5) is 8.78 Å². The lowest BCUT2D eigenvalue weighted by Crippen LogP contribution is -2.36. The minimum absolute atomic E-state index is 0.0695. The molecule has 17 heavy (non-hydrogen) atoms. The van der Waals surface area contributed by atoms with E-state index < -0.39 is 11.6 Å². The summed E-state index contributed by atoms with van der Waals surface area (Å²) in [5, 5.41) is 0. The van der Waals surface area contributed by atoms with Crippen molar-refractivity contribution < 1.29 is 13.6 Å². The normalized spacial score (nSPS) is 10.4. The Balaban J connectivity index is 2.73. The van der Waals surface area contributed by atoms with E-state index in [0.717, 1.165) is 12.1 Å². The third-order valence-electron chi connectivity index (χ3n) is 2.49. The lowest BCUT2D eigenvalue weighted by molar-refractivity contribution is -0.130. The van der Waals surface area contributed by atoms with Gasteiger partial charge in [-0.3, -0.25) is 4.79 Å². The lowest BCUT2D eigenvalue weighted by Gasteiger charge is -2.20. The number of rotatable bonds is 5. The van der Waals surface area contributed by atoms with Crippen molar-refractivity contribution in [3.63, 3.8) is 0 Å². The Hall–Kier alpha value is -1.49. The molecule has 0 spiro atoms. The van der Waals surface area contributed by atoms with Crippen molar-refractivity contribution in [1.29, 1.82) is 0 Å². The molecular formula is C12H16F2N2O. The highest BCUT2D eigenvalue weighted by molar-refractivity contribution is 5.78. The predicted molar refractivity (Wildman–Crippen MR) is 61.4 cm³/mol. The fraction of sp³-hybridized carbons (Fsp3) is 0.417. The summed E-state index contributed by atoms with van der Waals surface area (Å²) in [7, 11) is 0. The summed E-state index contributed by atoms with van der Waals surface area (Å²) in [6, 6.07) is 3.21. The van der Waals surface area contributed by atoms with Crippen LogP contribution in [0.3, 0.4) is 0 Å². The molecule has 0 aliphatic rings. The van der Waals surface area contributed by atoms with E-state index in [2.05, 4.69) is 0 Å². The summed E-state index contributed by atoms with van der Waals surface area (Å²) >= 11 is 0. The minimum Gasteiger partial charge on any atom is -0.341 e. The van der Waals surface area contributed by atoms with Crippen LogP contribution in [0, 0.1) is 11.6 Å². The summed E-state index contributed by atoms with van der Waals surface area (Å²) in [5.41, 5.74) is 5.57. The molecular weight excluding hydrogens is 226 g/mol. The molecule has 0 radical (unpaired) electrons. The molecule has 0 aromatic heterocycles. The van der Waals surface area contributed by atoms with Gasteiger partial charge < -0.3 is 10.6 Å². The molecule has 1 aromatic carbocycles. The third kappa shape index (κ3) is 3.78. The second-order valence-corrected chi connectivity index (χ2v) is 3.67. The van der Waals surface area contributed by atoms with Crippen LogP contribution in [-0.2, 0) is 11.2 Å². The number of nitrogens with two attached hydrogens (primary N) is 1. The Morgan fingerprint density at radius 1 is 1.41 bits per heavy atom. The van der Waals surface area contributed by atoms with Gasteiger partial charge in [-0.1, -0.05) is 6.07 Å². The van der Waals surface area contributed by atoms with Gasteiger partial charge in [0, 0.05) is 25.7 Å². The molecule has 0 bridgehead atoms. The molecule has 0 fully saturated rings. The first-order valence-electron chi connectivity index (χ1n) is 5.50. The van der Waals surface area contributed by atoms with E-state index in [-0.39, 0.29) is 17.9 Å². The van der Waals surface area contributed by atoms with Crippen molar-refractivity contribution in [3.8, 4) is 0 Å². The fourth-order valence-electron chi connectivity index (χ4n) is 1.55. The van der Waals surface area contributed by atoms with Crippen LogP contribution < -0.4 is 5.73 Å². The molecule has 0 aliphatic heterocycles. The molecule has 2 N–H and O–H groups in total. The Kier molecular flexibility index (Phi) is 5.03. The van der Waals surface area contributed by atoms with Gasteiger partial charge in [0.1, 0.15) is 11.6 Å². The Labute approximate surface area is 99.2 Å². The van der Waals surface area contributed by atoms with E-state index in [1.54, 1.807) is 4.90 Å². The highest BCUT2D eigenvalue weighted by atomic mass is 19.1. The van der Waals surface area contributed by atoms with Crippen LogP contribution in [0.5, 0.6) is 0 Å². The standard InChI is InChI=1S/C12H16F2N2O/c1-2-16(6-5-15)12(17)7-9-3-4-10(13)8-11(9)14/h3-4,8H,2,5-7,15H2,1H3. The lowest BCUT2D eigenvalue weighted by atomic mass is 10.1. The molecule has 5 heteroatoms. The first-order valence-corrected chi connectivity index (χ1v) is 5.50. The molecule has 0 heterocycles. The van der Waals surface area contributed by atoms with Gasteiger partial charge in [-0.2, -0.15) is 0 Å². The highest BCUT2D eigenvalue weighted by Gasteiger charge is 2.14. The van der Waals surface area contributed by atoms with Gasteiger partial charge in [0.05, 0.1) is 6.42 Å². The number of benzene rings is 1. The SMILES string of the molecule is CCN(CCN)C(=O)Cc1ccc(F)cc1F. The molecule has 0 aliphatic carbocycles. The summed E-state index contributed by atoms with van der Waals surface area (Å²) in [4.78, 5) is 13.3. The summed E-state index contributed by atoms with van der Waals surface area (Å²) in [6.07, 6.45) is -0.0695. The molecule has 1 aromatic rings. The van der Waals surface area contributed by atoms with Gasteiger partial charge in [-0.25, -0.2) is 8.78 Å². The number of hydrogen-bond acceptors (Lipinski definition) is 2. The van der Waals surface area contributed by atoms with Crippen LogP contribution in [0.2, 0.25) is 0 Å². The van der Waals surface area contributed by atoms with E-state index in [1.165, 1.54) is 6.07 Å². The minimum atomic E-state index is -0.692. The monoisotopic (exact) mass is 242 g/mol. The van der Waals surface area contributed by atoms with Crippen molar-refractivity contribution in [2.24, 2.45) is 5.73 Å². The Bertz CT molecular complexity index is 396.